The van der Waals surface area contributed by atoms with Gasteiger partial charge in [-0.05, 0) is 49.5 Å². The number of imide groups is 1. The van der Waals surface area contributed by atoms with E-state index in [0.29, 0.717) is 28.7 Å². The number of carbonyl (C=O) groups is 4. The topological polar surface area (TPSA) is 110 Å². The molecule has 1 aliphatic heterocycles. The molecule has 0 bridgehead atoms. The van der Waals surface area contributed by atoms with Crippen molar-refractivity contribution in [2.24, 2.45) is 17.8 Å². The molecule has 1 saturated heterocycles. The van der Waals surface area contributed by atoms with E-state index in [1.54, 1.807) is 19.1 Å². The Labute approximate surface area is 196 Å². The van der Waals surface area contributed by atoms with Crippen molar-refractivity contribution in [2.45, 2.75) is 25.7 Å². The summed E-state index contributed by atoms with van der Waals surface area (Å²) in [5.74, 6) is -2.85. The van der Waals surface area contributed by atoms with Gasteiger partial charge in [0, 0.05) is 29.7 Å². The van der Waals surface area contributed by atoms with E-state index in [4.69, 9.17) is 9.47 Å². The van der Waals surface area contributed by atoms with Crippen LogP contribution in [-0.4, -0.2) is 54.7 Å². The first-order valence-corrected chi connectivity index (χ1v) is 11.2. The van der Waals surface area contributed by atoms with Crippen LogP contribution in [0.25, 0.3) is 0 Å². The van der Waals surface area contributed by atoms with Gasteiger partial charge in [-0.25, -0.2) is 0 Å². The minimum atomic E-state index is -0.632. The van der Waals surface area contributed by atoms with E-state index in [0.717, 1.165) is 5.57 Å². The van der Waals surface area contributed by atoms with Gasteiger partial charge in [0.05, 0.1) is 26.1 Å². The van der Waals surface area contributed by atoms with Gasteiger partial charge >= 0.3 is 0 Å². The molecular weight excluding hydrogens is 438 g/mol. The summed E-state index contributed by atoms with van der Waals surface area (Å²) in [4.78, 5) is 53.4. The first kappa shape index (κ1) is 22.1. The number of phenolic OH excluding ortho intramolecular Hbond substituents is 1. The summed E-state index contributed by atoms with van der Waals surface area (Å²) in [6.45, 7) is 1.61. The van der Waals surface area contributed by atoms with Gasteiger partial charge in [-0.15, -0.1) is 0 Å². The fraction of sp³-hybridized carbons (Fsp3) is 0.385. The van der Waals surface area contributed by atoms with Crippen molar-refractivity contribution in [1.82, 2.24) is 4.90 Å². The van der Waals surface area contributed by atoms with Crippen LogP contribution in [0.4, 0.5) is 0 Å². The lowest BCUT2D eigenvalue weighted by Gasteiger charge is -2.42. The predicted octanol–water partition coefficient (Wildman–Crippen LogP) is 2.47. The lowest BCUT2D eigenvalue weighted by atomic mass is 9.59. The molecule has 2 amide bonds. The molecule has 176 valence electrons. The zero-order valence-corrected chi connectivity index (χ0v) is 19.4. The predicted molar refractivity (Wildman–Crippen MR) is 120 cm³/mol. The molecule has 0 spiro atoms. The molecule has 0 radical (unpaired) electrons. The Morgan fingerprint density at radius 1 is 1.00 bits per heavy atom. The van der Waals surface area contributed by atoms with Crippen LogP contribution in [0, 0.1) is 17.8 Å². The Morgan fingerprint density at radius 3 is 2.26 bits per heavy atom. The van der Waals surface area contributed by atoms with Crippen LogP contribution >= 0.6 is 0 Å². The SMILES string of the molecule is COc1cc([C@H]2C3=CC[C@@H]4C(=O)N(C)C(=O)[C@@H]4[C@@H]3CC3=C2C(=O)C=C(C)C3=O)cc(OC)c1O. The Morgan fingerprint density at radius 2 is 1.65 bits per heavy atom. The molecule has 0 aromatic heterocycles. The number of ketones is 2. The summed E-state index contributed by atoms with van der Waals surface area (Å²) >= 11 is 0. The fourth-order valence-corrected chi connectivity index (χ4v) is 6.00. The summed E-state index contributed by atoms with van der Waals surface area (Å²) in [5.41, 5.74) is 2.55. The summed E-state index contributed by atoms with van der Waals surface area (Å²) < 4.78 is 10.7. The van der Waals surface area contributed by atoms with Crippen molar-refractivity contribution in [3.8, 4) is 17.2 Å². The lowest BCUT2D eigenvalue weighted by molar-refractivity contribution is -0.138. The molecule has 1 aromatic rings. The van der Waals surface area contributed by atoms with Gasteiger partial charge < -0.3 is 14.6 Å². The Bertz CT molecular complexity index is 1240. The number of fused-ring (bicyclic) bond motifs is 3. The van der Waals surface area contributed by atoms with Gasteiger partial charge in [0.2, 0.25) is 17.6 Å². The number of nitrogens with zero attached hydrogens (tertiary/aromatic N) is 1. The highest BCUT2D eigenvalue weighted by atomic mass is 16.5. The lowest BCUT2D eigenvalue weighted by Crippen LogP contribution is -2.39. The van der Waals surface area contributed by atoms with E-state index in [9.17, 15) is 24.3 Å². The number of aromatic hydroxyl groups is 1. The highest BCUT2D eigenvalue weighted by Gasteiger charge is 2.55. The number of allylic oxidation sites excluding steroid dienone is 6. The van der Waals surface area contributed by atoms with Gasteiger partial charge in [-0.3, -0.25) is 24.1 Å². The molecule has 34 heavy (non-hydrogen) atoms. The molecule has 0 unspecified atom stereocenters. The Hall–Kier alpha value is -3.68. The Balaban J connectivity index is 1.75. The molecule has 5 rings (SSSR count). The van der Waals surface area contributed by atoms with Crippen molar-refractivity contribution >= 4 is 23.4 Å². The molecule has 1 aromatic carbocycles. The van der Waals surface area contributed by atoms with Crippen molar-refractivity contribution in [1.29, 1.82) is 0 Å². The molecule has 1 N–H and O–H groups in total. The van der Waals surface area contributed by atoms with Crippen LogP contribution in [0.15, 0.2) is 46.6 Å². The van der Waals surface area contributed by atoms with E-state index in [2.05, 4.69) is 0 Å². The van der Waals surface area contributed by atoms with Gasteiger partial charge in [0.1, 0.15) is 0 Å². The fourth-order valence-electron chi connectivity index (χ4n) is 6.00. The molecule has 1 heterocycles. The number of hydrogen-bond donors (Lipinski definition) is 1. The maximum atomic E-state index is 13.3. The summed E-state index contributed by atoms with van der Waals surface area (Å²) in [6.07, 6.45) is 3.91. The average molecular weight is 463 g/mol. The van der Waals surface area contributed by atoms with Gasteiger partial charge in [0.25, 0.3) is 0 Å². The van der Waals surface area contributed by atoms with Crippen LogP contribution in [0.5, 0.6) is 17.2 Å². The minimum absolute atomic E-state index is 0.168. The second-order valence-electron chi connectivity index (χ2n) is 9.24. The molecule has 0 saturated carbocycles. The number of Topliss-reactive ketones (excluding diaryl/α,β-unsaturated/α-hetero) is 1. The third-order valence-electron chi connectivity index (χ3n) is 7.62. The number of phenols is 1. The van der Waals surface area contributed by atoms with E-state index in [1.165, 1.54) is 32.2 Å². The van der Waals surface area contributed by atoms with Crippen molar-refractivity contribution in [2.75, 3.05) is 21.3 Å². The van der Waals surface area contributed by atoms with Gasteiger partial charge in [-0.2, -0.15) is 0 Å². The maximum absolute atomic E-state index is 13.3. The largest absolute Gasteiger partial charge is 0.502 e. The Kier molecular flexibility index (Phi) is 5.00. The zero-order valence-electron chi connectivity index (χ0n) is 19.4. The van der Waals surface area contributed by atoms with E-state index >= 15 is 0 Å². The number of likely N-dealkylation sites (tertiary alicyclic amines) is 1. The van der Waals surface area contributed by atoms with Crippen LogP contribution in [0.1, 0.15) is 31.2 Å². The molecule has 8 heteroatoms. The van der Waals surface area contributed by atoms with Gasteiger partial charge in [0.15, 0.2) is 23.1 Å². The number of amides is 2. The van der Waals surface area contributed by atoms with Crippen LogP contribution in [0.2, 0.25) is 0 Å². The molecule has 8 nitrogen and oxygen atoms in total. The minimum Gasteiger partial charge on any atom is -0.502 e. The first-order valence-electron chi connectivity index (χ1n) is 11.2. The van der Waals surface area contributed by atoms with Gasteiger partial charge in [-0.1, -0.05) is 11.6 Å². The van der Waals surface area contributed by atoms with Crippen molar-refractivity contribution < 1.29 is 33.8 Å². The number of methoxy groups -OCH3 is 2. The summed E-state index contributed by atoms with van der Waals surface area (Å²) in [7, 11) is 4.32. The third-order valence-corrected chi connectivity index (χ3v) is 7.62. The number of rotatable bonds is 3. The monoisotopic (exact) mass is 463 g/mol. The van der Waals surface area contributed by atoms with E-state index in [1.807, 2.05) is 6.08 Å². The van der Waals surface area contributed by atoms with Crippen LogP contribution in [0.3, 0.4) is 0 Å². The maximum Gasteiger partial charge on any atom is 0.233 e. The number of carbonyl (C=O) groups excluding carboxylic acids is 4. The normalized spacial score (nSPS) is 28.3. The summed E-state index contributed by atoms with van der Waals surface area (Å²) in [6, 6.07) is 3.25. The van der Waals surface area contributed by atoms with Crippen LogP contribution in [-0.2, 0) is 19.2 Å². The van der Waals surface area contributed by atoms with Crippen molar-refractivity contribution in [3.63, 3.8) is 0 Å². The highest BCUT2D eigenvalue weighted by Crippen LogP contribution is 2.56. The smallest absolute Gasteiger partial charge is 0.233 e. The zero-order chi connectivity index (χ0) is 24.5. The van der Waals surface area contributed by atoms with Crippen molar-refractivity contribution in [3.05, 3.63) is 52.1 Å². The third kappa shape index (κ3) is 2.90. The van der Waals surface area contributed by atoms with Crippen LogP contribution < -0.4 is 9.47 Å². The molecule has 3 aliphatic carbocycles. The standard InChI is InChI=1S/C26H25NO7/c1-11-7-17(28)22-16(23(11)29)10-15-13(5-6-14-21(15)26(32)27(2)25(14)31)20(22)12-8-18(33-3)24(30)19(9-12)34-4/h5,7-9,14-15,20-21,30H,6,10H2,1-4H3/t14-,15+,20-,21-/m0/s1. The molecule has 4 aliphatic rings. The number of benzene rings is 1. The van der Waals surface area contributed by atoms with E-state index in [-0.39, 0.29) is 47.1 Å². The highest BCUT2D eigenvalue weighted by molar-refractivity contribution is 6.23. The number of hydrogen-bond acceptors (Lipinski definition) is 7. The molecule has 1 fully saturated rings. The number of ether oxygens (including phenoxy) is 2. The summed E-state index contributed by atoms with van der Waals surface area (Å²) in [5, 5.41) is 10.4. The second-order valence-corrected chi connectivity index (χ2v) is 9.24. The van der Waals surface area contributed by atoms with E-state index < -0.39 is 23.7 Å². The second kappa shape index (κ2) is 7.68. The molecular formula is C26H25NO7. The first-order chi connectivity index (χ1) is 16.2. The molecule has 4 atom stereocenters. The quantitative estimate of drug-likeness (QED) is 0.417. The average Bonchev–Trinajstić information content (AvgIpc) is 3.05.